The third-order valence-electron chi connectivity index (χ3n) is 5.71. The van der Waals surface area contributed by atoms with Crippen LogP contribution in [0.1, 0.15) is 25.2 Å². The average molecular weight is 425 g/mol. The van der Waals surface area contributed by atoms with Crippen LogP contribution < -0.4 is 20.3 Å². The third kappa shape index (κ3) is 2.46. The Kier molecular flexibility index (Phi) is 4.43. The van der Waals surface area contributed by atoms with Crippen LogP contribution in [0.5, 0.6) is 11.5 Å². The fraction of sp³-hybridized carbons (Fsp3) is 0.333. The first-order chi connectivity index (χ1) is 14.7. The first kappa shape index (κ1) is 20.3. The number of fused-ring (bicyclic) bond motifs is 2. The van der Waals surface area contributed by atoms with Gasteiger partial charge in [0.15, 0.2) is 17.1 Å². The molecule has 0 radical (unpaired) electrons. The minimum atomic E-state index is -1.61. The lowest BCUT2D eigenvalue weighted by Gasteiger charge is -2.34. The molecule has 2 amide bonds. The first-order valence-corrected chi connectivity index (χ1v) is 9.32. The Morgan fingerprint density at radius 2 is 1.94 bits per heavy atom. The monoisotopic (exact) mass is 425 g/mol. The summed E-state index contributed by atoms with van der Waals surface area (Å²) in [6.45, 7) is 4.23. The van der Waals surface area contributed by atoms with E-state index in [1.165, 1.54) is 41.3 Å². The number of aryl methyl sites for hydroxylation is 1. The van der Waals surface area contributed by atoms with E-state index in [0.717, 1.165) is 5.01 Å². The summed E-state index contributed by atoms with van der Waals surface area (Å²) in [7, 11) is 2.81. The number of carbonyl (C=O) groups is 2. The minimum Gasteiger partial charge on any atom is -0.495 e. The maximum absolute atomic E-state index is 13.9. The number of nitrogens with one attached hydrogen (secondary N) is 1. The number of ether oxygens (including phenoxy) is 2. The van der Waals surface area contributed by atoms with E-state index in [1.54, 1.807) is 6.07 Å². The van der Waals surface area contributed by atoms with E-state index in [9.17, 15) is 19.6 Å². The molecule has 1 aliphatic heterocycles. The van der Waals surface area contributed by atoms with Crippen LogP contribution in [0.25, 0.3) is 21.9 Å². The highest BCUT2D eigenvalue weighted by Gasteiger charge is 2.56. The van der Waals surface area contributed by atoms with E-state index in [1.807, 2.05) is 6.07 Å². The second-order valence-corrected chi connectivity index (χ2v) is 7.34. The minimum absolute atomic E-state index is 0.0108. The molecular formula is C21H19N3O7. The Morgan fingerprint density at radius 1 is 1.26 bits per heavy atom. The number of benzene rings is 1. The Morgan fingerprint density at radius 3 is 2.52 bits per heavy atom. The van der Waals surface area contributed by atoms with Crippen LogP contribution in [0.2, 0.25) is 0 Å². The van der Waals surface area contributed by atoms with Crippen molar-refractivity contribution in [1.29, 1.82) is 5.26 Å². The summed E-state index contributed by atoms with van der Waals surface area (Å²) in [5, 5.41) is 11.2. The van der Waals surface area contributed by atoms with Crippen molar-refractivity contribution < 1.29 is 27.9 Å². The van der Waals surface area contributed by atoms with Gasteiger partial charge in [-0.3, -0.25) is 19.8 Å². The van der Waals surface area contributed by atoms with E-state index >= 15 is 0 Å². The summed E-state index contributed by atoms with van der Waals surface area (Å²) in [4.78, 5) is 38.6. The van der Waals surface area contributed by atoms with Gasteiger partial charge in [0, 0.05) is 6.92 Å². The molecule has 10 heteroatoms. The Balaban J connectivity index is 2.20. The van der Waals surface area contributed by atoms with Crippen molar-refractivity contribution in [2.45, 2.75) is 26.3 Å². The zero-order valence-electron chi connectivity index (χ0n) is 17.5. The van der Waals surface area contributed by atoms with Crippen molar-refractivity contribution in [2.24, 2.45) is 5.92 Å². The number of methoxy groups -OCH3 is 2. The molecule has 0 saturated carbocycles. The highest BCUT2D eigenvalue weighted by Crippen LogP contribution is 2.45. The normalized spacial score (nSPS) is 20.7. The Bertz CT molecular complexity index is 1360. The second-order valence-electron chi connectivity index (χ2n) is 7.34. The molecule has 160 valence electrons. The van der Waals surface area contributed by atoms with Crippen molar-refractivity contribution in [3.05, 3.63) is 33.9 Å². The number of furan rings is 1. The van der Waals surface area contributed by atoms with Crippen molar-refractivity contribution in [3.63, 3.8) is 0 Å². The van der Waals surface area contributed by atoms with Gasteiger partial charge in [-0.1, -0.05) is 0 Å². The van der Waals surface area contributed by atoms with Crippen LogP contribution >= 0.6 is 0 Å². The number of amides is 2. The third-order valence-corrected chi connectivity index (χ3v) is 5.71. The van der Waals surface area contributed by atoms with Gasteiger partial charge in [0.25, 0.3) is 5.91 Å². The number of hydrazine groups is 1. The first-order valence-electron chi connectivity index (χ1n) is 9.32. The largest absolute Gasteiger partial charge is 0.495 e. The lowest BCUT2D eigenvalue weighted by Crippen LogP contribution is -2.51. The van der Waals surface area contributed by atoms with Crippen LogP contribution in [-0.4, -0.2) is 31.0 Å². The highest BCUT2D eigenvalue weighted by molar-refractivity contribution is 6.07. The number of hydrogen-bond acceptors (Lipinski definition) is 8. The van der Waals surface area contributed by atoms with Crippen LogP contribution in [-0.2, 0) is 15.1 Å². The molecule has 0 aliphatic carbocycles. The van der Waals surface area contributed by atoms with E-state index in [0.29, 0.717) is 11.0 Å². The summed E-state index contributed by atoms with van der Waals surface area (Å²) < 4.78 is 22.5. The van der Waals surface area contributed by atoms with Gasteiger partial charge in [0.2, 0.25) is 17.1 Å². The SMILES string of the molecule is COc1c2occc2c(OC)c2c(=O)c(C3(C)C(C#N)C(=O)NN3C(C)=O)c(C)oc12. The van der Waals surface area contributed by atoms with Gasteiger partial charge in [0.1, 0.15) is 22.4 Å². The van der Waals surface area contributed by atoms with Gasteiger partial charge < -0.3 is 18.3 Å². The van der Waals surface area contributed by atoms with E-state index in [-0.39, 0.29) is 33.8 Å². The van der Waals surface area contributed by atoms with Gasteiger partial charge in [-0.2, -0.15) is 5.26 Å². The smallest absolute Gasteiger partial charge is 0.258 e. The predicted octanol–water partition coefficient (Wildman–Crippen LogP) is 2.11. The van der Waals surface area contributed by atoms with Gasteiger partial charge in [-0.15, -0.1) is 0 Å². The number of rotatable bonds is 3. The van der Waals surface area contributed by atoms with Crippen LogP contribution in [0.4, 0.5) is 0 Å². The lowest BCUT2D eigenvalue weighted by molar-refractivity contribution is -0.138. The summed E-state index contributed by atoms with van der Waals surface area (Å²) in [5.74, 6) is -2.04. The molecule has 1 fully saturated rings. The molecule has 2 unspecified atom stereocenters. The topological polar surface area (TPSA) is 135 Å². The van der Waals surface area contributed by atoms with Crippen LogP contribution in [0, 0.1) is 24.2 Å². The number of nitriles is 1. The van der Waals surface area contributed by atoms with E-state index < -0.39 is 28.7 Å². The van der Waals surface area contributed by atoms with Gasteiger partial charge >= 0.3 is 0 Å². The Labute approximate surface area is 175 Å². The molecule has 31 heavy (non-hydrogen) atoms. The molecule has 2 aromatic heterocycles. The fourth-order valence-electron chi connectivity index (χ4n) is 4.42. The number of carbonyl (C=O) groups excluding carboxylic acids is 2. The van der Waals surface area contributed by atoms with Crippen molar-refractivity contribution in [1.82, 2.24) is 10.4 Å². The maximum atomic E-state index is 13.9. The molecule has 10 nitrogen and oxygen atoms in total. The van der Waals surface area contributed by atoms with Gasteiger partial charge in [0.05, 0.1) is 37.5 Å². The molecule has 3 aromatic rings. The molecule has 1 aromatic carbocycles. The van der Waals surface area contributed by atoms with Crippen molar-refractivity contribution in [2.75, 3.05) is 14.2 Å². The zero-order valence-corrected chi connectivity index (χ0v) is 17.5. The molecule has 0 bridgehead atoms. The summed E-state index contributed by atoms with van der Waals surface area (Å²) in [6, 6.07) is 3.53. The molecule has 2 atom stereocenters. The molecule has 0 spiro atoms. The van der Waals surface area contributed by atoms with Crippen molar-refractivity contribution in [3.8, 4) is 17.6 Å². The second kappa shape index (κ2) is 6.77. The van der Waals surface area contributed by atoms with Crippen LogP contribution in [0.3, 0.4) is 0 Å². The quantitative estimate of drug-likeness (QED) is 0.674. The standard InChI is InChI=1S/C21H19N3O7/c1-9-14(21(3)12(8-22)20(27)23-24(21)10(2)25)15(26)13-16(28-4)11-6-7-30-17(11)19(29-5)18(13)31-9/h6-7,12H,1-5H3,(H,23,27). The summed E-state index contributed by atoms with van der Waals surface area (Å²) in [6.07, 6.45) is 1.43. The molecule has 4 rings (SSSR count). The molecule has 1 aliphatic rings. The fourth-order valence-corrected chi connectivity index (χ4v) is 4.42. The van der Waals surface area contributed by atoms with Gasteiger partial charge in [-0.05, 0) is 19.9 Å². The molecule has 3 heterocycles. The zero-order chi connectivity index (χ0) is 22.7. The lowest BCUT2D eigenvalue weighted by atomic mass is 9.79. The van der Waals surface area contributed by atoms with Gasteiger partial charge in [-0.25, -0.2) is 5.01 Å². The average Bonchev–Trinajstić information content (AvgIpc) is 3.29. The van der Waals surface area contributed by atoms with E-state index in [4.69, 9.17) is 18.3 Å². The maximum Gasteiger partial charge on any atom is 0.258 e. The van der Waals surface area contributed by atoms with E-state index in [2.05, 4.69) is 5.43 Å². The number of nitrogens with zero attached hydrogens (tertiary/aromatic N) is 2. The molecular weight excluding hydrogens is 406 g/mol. The summed E-state index contributed by atoms with van der Waals surface area (Å²) >= 11 is 0. The molecule has 1 N–H and O–H groups in total. The number of hydrogen-bond donors (Lipinski definition) is 1. The highest BCUT2D eigenvalue weighted by atomic mass is 16.5. The summed E-state index contributed by atoms with van der Waals surface area (Å²) in [5.41, 5.74) is 0.652. The predicted molar refractivity (Wildman–Crippen MR) is 107 cm³/mol. The van der Waals surface area contributed by atoms with Crippen molar-refractivity contribution >= 4 is 33.8 Å². The Hall–Kier alpha value is -4.00. The molecule has 1 saturated heterocycles. The van der Waals surface area contributed by atoms with Crippen LogP contribution in [0.15, 0.2) is 26.0 Å².